The zero-order valence-electron chi connectivity index (χ0n) is 50.2. The quantitative estimate of drug-likeness (QED) is 0.0942. The molecule has 3 aliphatic rings. The summed E-state index contributed by atoms with van der Waals surface area (Å²) in [5, 5.41) is 43.2. The standard InChI is InChI=1S/C66H90N4O6/c1-35(2)69-37(5)65(19,20)43-31-41(49(33-51(43)69)67-53(71)25-23-39-27-45(61(7,8)9)57(73)46(28-39)62(10,11)12)55-59(75)56(60(55)76)42-32-44-52(70(36(3)4)38(6)66(44,21)22)34-50(42)68-54(72)26-24-40-29-47(63(13,14)15)58(74)48(30-40)64(16,17)18/h27-38H,23-26H2,1-22H3,(H4,67,68,71,72,73,74,75,76)/p+1. The third-order valence-corrected chi connectivity index (χ3v) is 17.1. The van der Waals surface area contributed by atoms with Gasteiger partial charge in [-0.1, -0.05) is 121 Å². The Morgan fingerprint density at radius 3 is 1.43 bits per heavy atom. The number of carbonyl (C=O) groups is 3. The largest absolute Gasteiger partial charge is 0.507 e. The summed E-state index contributed by atoms with van der Waals surface area (Å²) in [5.74, 6) is -0.471. The van der Waals surface area contributed by atoms with Crippen molar-refractivity contribution in [3.8, 4) is 11.5 Å². The number of rotatable bonds is 11. The first-order chi connectivity index (χ1) is 34.7. The molecule has 2 atom stereocenters. The lowest BCUT2D eigenvalue weighted by Crippen LogP contribution is -2.42. The molecule has 2 heterocycles. The van der Waals surface area contributed by atoms with Gasteiger partial charge in [-0.2, -0.15) is 0 Å². The summed E-state index contributed by atoms with van der Waals surface area (Å²) in [6.45, 7) is 46.7. The highest BCUT2D eigenvalue weighted by Gasteiger charge is 2.48. The Kier molecular flexibility index (Phi) is 14.9. The molecule has 0 bridgehead atoms. The van der Waals surface area contributed by atoms with E-state index in [2.05, 4.69) is 172 Å². The molecular formula is C66H91N4O6+. The predicted octanol–water partition coefficient (Wildman–Crippen LogP) is 12.6. The Hall–Kier alpha value is -5.90. The van der Waals surface area contributed by atoms with Crippen LogP contribution < -0.4 is 30.7 Å². The number of nitrogens with one attached hydrogen (secondary N) is 2. The number of carbonyl (C=O) groups excluding carboxylic acids is 3. The van der Waals surface area contributed by atoms with Gasteiger partial charge in [-0.3, -0.25) is 14.4 Å². The van der Waals surface area contributed by atoms with Crippen LogP contribution in [0.4, 0.5) is 17.1 Å². The van der Waals surface area contributed by atoms with Gasteiger partial charge in [-0.15, -0.1) is 0 Å². The summed E-state index contributed by atoms with van der Waals surface area (Å²) in [4.78, 5) is 46.3. The number of hydrogen-bond acceptors (Lipinski definition) is 7. The Labute approximate surface area is 454 Å². The Morgan fingerprint density at radius 2 is 1.04 bits per heavy atom. The average molecular weight is 1040 g/mol. The predicted molar refractivity (Wildman–Crippen MR) is 314 cm³/mol. The van der Waals surface area contributed by atoms with Crippen LogP contribution in [0.1, 0.15) is 215 Å². The number of Topliss-reactive ketones (excluding diaryl/α,β-unsaturated/α-hetero) is 1. The summed E-state index contributed by atoms with van der Waals surface area (Å²) in [6.07, 6.45) is 1.13. The maximum atomic E-state index is 15.2. The fraction of sp³-hybridized carbons (Fsp3) is 0.545. The molecule has 10 nitrogen and oxygen atoms in total. The minimum atomic E-state index is -0.375. The average Bonchev–Trinajstić information content (AvgIpc) is 3.59. The lowest BCUT2D eigenvalue weighted by Gasteiger charge is -2.34. The van der Waals surface area contributed by atoms with Crippen molar-refractivity contribution in [2.75, 3.05) is 15.5 Å². The molecule has 0 radical (unpaired) electrons. The van der Waals surface area contributed by atoms with Crippen LogP contribution in [0.2, 0.25) is 0 Å². The number of allylic oxidation sites excluding steroid dienone is 2. The van der Waals surface area contributed by atoms with Crippen molar-refractivity contribution in [1.29, 1.82) is 0 Å². The Morgan fingerprint density at radius 1 is 0.605 bits per heavy atom. The monoisotopic (exact) mass is 1040 g/mol. The fourth-order valence-corrected chi connectivity index (χ4v) is 12.1. The van der Waals surface area contributed by atoms with Gasteiger partial charge in [-0.05, 0) is 147 Å². The van der Waals surface area contributed by atoms with Crippen LogP contribution in [0.15, 0.2) is 54.3 Å². The van der Waals surface area contributed by atoms with E-state index in [9.17, 15) is 24.9 Å². The molecule has 0 spiro atoms. The maximum absolute atomic E-state index is 15.2. The molecule has 0 saturated carbocycles. The molecule has 4 aromatic rings. The number of benzene rings is 4. The smallest absolute Gasteiger partial charge is 0.224 e. The molecule has 2 aliphatic heterocycles. The first-order valence-corrected chi connectivity index (χ1v) is 27.8. The minimum absolute atomic E-state index is 0.0930. The van der Waals surface area contributed by atoms with Gasteiger partial charge in [0.2, 0.25) is 23.0 Å². The summed E-state index contributed by atoms with van der Waals surface area (Å²) in [6, 6.07) is 16.4. The topological polar surface area (TPSA) is 142 Å². The highest BCUT2D eigenvalue weighted by molar-refractivity contribution is 6.52. The molecule has 5 N–H and O–H groups in total. The van der Waals surface area contributed by atoms with Crippen LogP contribution in [0.25, 0.3) is 11.1 Å². The van der Waals surface area contributed by atoms with Crippen molar-refractivity contribution in [1.82, 2.24) is 4.58 Å². The molecule has 0 saturated heterocycles. The van der Waals surface area contributed by atoms with Crippen LogP contribution in [-0.2, 0) is 59.7 Å². The van der Waals surface area contributed by atoms with Gasteiger partial charge in [0.15, 0.2) is 6.04 Å². The highest BCUT2D eigenvalue weighted by Crippen LogP contribution is 2.51. The lowest BCUT2D eigenvalue weighted by molar-refractivity contribution is -0.117. The zero-order chi connectivity index (χ0) is 57.1. The van der Waals surface area contributed by atoms with Crippen molar-refractivity contribution in [2.24, 2.45) is 0 Å². The van der Waals surface area contributed by atoms with Crippen LogP contribution in [0.3, 0.4) is 0 Å². The van der Waals surface area contributed by atoms with Crippen molar-refractivity contribution in [2.45, 2.75) is 235 Å². The van der Waals surface area contributed by atoms with Crippen molar-refractivity contribution >= 4 is 45.8 Å². The number of amides is 2. The van der Waals surface area contributed by atoms with E-state index in [-0.39, 0.29) is 116 Å². The minimum Gasteiger partial charge on any atom is -0.507 e. The van der Waals surface area contributed by atoms with Crippen LogP contribution >= 0.6 is 0 Å². The number of aliphatic hydroxyl groups is 1. The van der Waals surface area contributed by atoms with Gasteiger partial charge >= 0.3 is 0 Å². The molecular weight excluding hydrogens is 945 g/mol. The molecule has 410 valence electrons. The van der Waals surface area contributed by atoms with E-state index in [0.717, 1.165) is 55.6 Å². The zero-order valence-corrected chi connectivity index (χ0v) is 50.2. The Bertz CT molecular complexity index is 3140. The van der Waals surface area contributed by atoms with E-state index in [0.29, 0.717) is 35.0 Å². The summed E-state index contributed by atoms with van der Waals surface area (Å²) >= 11 is 0. The van der Waals surface area contributed by atoms with Crippen LogP contribution in [-0.4, -0.2) is 57.1 Å². The molecule has 10 heteroatoms. The van der Waals surface area contributed by atoms with Crippen LogP contribution in [0, 0.1) is 0 Å². The number of phenols is 2. The van der Waals surface area contributed by atoms with Gasteiger partial charge in [0, 0.05) is 58.4 Å². The highest BCUT2D eigenvalue weighted by atomic mass is 16.3. The molecule has 0 fully saturated rings. The molecule has 4 aromatic carbocycles. The second kappa shape index (κ2) is 19.5. The van der Waals surface area contributed by atoms with E-state index in [4.69, 9.17) is 0 Å². The number of aryl methyl sites for hydroxylation is 2. The first-order valence-electron chi connectivity index (χ1n) is 27.8. The van der Waals surface area contributed by atoms with Crippen molar-refractivity contribution in [3.05, 3.63) is 115 Å². The van der Waals surface area contributed by atoms with Gasteiger partial charge in [0.1, 0.15) is 23.3 Å². The second-order valence-electron chi connectivity index (χ2n) is 28.2. The summed E-state index contributed by atoms with van der Waals surface area (Å²) in [7, 11) is 0. The second-order valence-corrected chi connectivity index (χ2v) is 28.2. The lowest BCUT2D eigenvalue weighted by atomic mass is 9.76. The third-order valence-electron chi connectivity index (χ3n) is 17.1. The number of fused-ring (bicyclic) bond motifs is 2. The van der Waals surface area contributed by atoms with E-state index in [1.165, 1.54) is 0 Å². The molecule has 2 amide bonds. The number of aliphatic hydroxyl groups excluding tert-OH is 1. The normalized spacial score (nSPS) is 19.1. The van der Waals surface area contributed by atoms with E-state index >= 15 is 4.79 Å². The van der Waals surface area contributed by atoms with Crippen LogP contribution in [0.5, 0.6) is 11.5 Å². The molecule has 2 unspecified atom stereocenters. The molecule has 0 aromatic heterocycles. The van der Waals surface area contributed by atoms with E-state index in [1.807, 2.05) is 48.5 Å². The first kappa shape index (κ1) is 57.8. The molecule has 7 rings (SSSR count). The van der Waals surface area contributed by atoms with Crippen molar-refractivity contribution in [3.63, 3.8) is 0 Å². The number of ketones is 1. The maximum Gasteiger partial charge on any atom is 0.224 e. The SMILES string of the molecule is CC(C)N1c2cc(NC(=O)CCc3cc(C(C)(C)C)c(O)c(C(C)(C)C)c3)c(C3=C(O)/C(=c4/cc5c(cc4NC(=O)CCc4cc(C(C)(C)C)c(O)c(C(C)(C)C)c4)=[N+](C(C)C)C(C)C5(C)C)C3=O)cc2C(C)(C)C1C. The molecule has 76 heavy (non-hydrogen) atoms. The van der Waals surface area contributed by atoms with Gasteiger partial charge in [-0.25, -0.2) is 4.58 Å². The number of phenolic OH excluding ortho intramolecular Hbond substituents is 2. The van der Waals surface area contributed by atoms with E-state index < -0.39 is 0 Å². The fourth-order valence-electron chi connectivity index (χ4n) is 12.1. The van der Waals surface area contributed by atoms with Gasteiger partial charge < -0.3 is 30.9 Å². The number of anilines is 3. The number of hydrogen-bond donors (Lipinski definition) is 5. The van der Waals surface area contributed by atoms with E-state index in [1.54, 1.807) is 0 Å². The Balaban J connectivity index is 1.35. The summed E-state index contributed by atoms with van der Waals surface area (Å²) < 4.78 is 2.36. The number of aromatic hydroxyl groups is 2. The summed E-state index contributed by atoms with van der Waals surface area (Å²) in [5.41, 5.74) is 7.81. The molecule has 1 aliphatic carbocycles. The van der Waals surface area contributed by atoms with Gasteiger partial charge in [0.25, 0.3) is 0 Å². The van der Waals surface area contributed by atoms with Crippen molar-refractivity contribution < 1.29 is 29.7 Å². The third kappa shape index (κ3) is 10.4. The number of nitrogens with zero attached hydrogens (tertiary/aromatic N) is 2. The van der Waals surface area contributed by atoms with Gasteiger partial charge in [0.05, 0.1) is 27.9 Å².